The summed E-state index contributed by atoms with van der Waals surface area (Å²) in [5, 5.41) is 0. The van der Waals surface area contributed by atoms with Gasteiger partial charge in [-0.3, -0.25) is 0 Å². The van der Waals surface area contributed by atoms with Crippen molar-refractivity contribution in [1.29, 1.82) is 0 Å². The number of hydrogen-bond donors (Lipinski definition) is 0. The van der Waals surface area contributed by atoms with Gasteiger partial charge in [-0.05, 0) is 19.3 Å². The molecule has 0 saturated heterocycles. The van der Waals surface area contributed by atoms with Gasteiger partial charge < -0.3 is 4.43 Å². The first-order valence-electron chi connectivity index (χ1n) is 8.09. The fourth-order valence-electron chi connectivity index (χ4n) is 2.62. The highest BCUT2D eigenvalue weighted by Gasteiger charge is 2.27. The molecule has 1 nitrogen and oxygen atoms in total. The maximum absolute atomic E-state index is 5.78. The van der Waals surface area contributed by atoms with Gasteiger partial charge in [-0.15, -0.1) is 0 Å². The number of unbranched alkanes of at least 4 members (excludes halogenated alkanes) is 6. The number of hydrogen-bond acceptors (Lipinski definition) is 1. The molecule has 0 N–H and O–H groups in total. The molecule has 0 bridgehead atoms. The highest BCUT2D eigenvalue weighted by atomic mass is 28.2. The van der Waals surface area contributed by atoms with Crippen LogP contribution in [-0.4, -0.2) is 16.1 Å². The zero-order valence-corrected chi connectivity index (χ0v) is 13.9. The van der Waals surface area contributed by atoms with Gasteiger partial charge in [0.05, 0.1) is 5.60 Å². The van der Waals surface area contributed by atoms with E-state index in [0.717, 1.165) is 0 Å². The van der Waals surface area contributed by atoms with Gasteiger partial charge in [0.25, 0.3) is 0 Å². The average Bonchev–Trinajstić information content (AvgIpc) is 2.39. The second-order valence-corrected chi connectivity index (χ2v) is 5.86. The van der Waals surface area contributed by atoms with Crippen molar-refractivity contribution in [2.75, 3.05) is 0 Å². The Morgan fingerprint density at radius 2 is 1.00 bits per heavy atom. The molecule has 0 amide bonds. The van der Waals surface area contributed by atoms with Crippen LogP contribution >= 0.6 is 0 Å². The van der Waals surface area contributed by atoms with Crippen molar-refractivity contribution in [2.24, 2.45) is 0 Å². The molecule has 107 valence electrons. The van der Waals surface area contributed by atoms with Crippen molar-refractivity contribution < 1.29 is 4.43 Å². The first-order chi connectivity index (χ1) is 8.74. The Morgan fingerprint density at radius 3 is 1.22 bits per heavy atom. The third-order valence-electron chi connectivity index (χ3n) is 3.92. The number of rotatable bonds is 13. The minimum atomic E-state index is 0.108. The molecule has 3 radical (unpaired) electrons. The standard InChI is InChI=1S/C16H33OSi/c1-4-7-10-13-16(17-18,14-11-8-5-2)15-12-9-6-3/h4-15H2,1-3H3. The molecule has 0 fully saturated rings. The van der Waals surface area contributed by atoms with Gasteiger partial charge in [0, 0.05) is 0 Å². The van der Waals surface area contributed by atoms with E-state index in [-0.39, 0.29) is 5.60 Å². The van der Waals surface area contributed by atoms with E-state index in [4.69, 9.17) is 4.43 Å². The molecule has 18 heavy (non-hydrogen) atoms. The van der Waals surface area contributed by atoms with E-state index in [1.54, 1.807) is 0 Å². The summed E-state index contributed by atoms with van der Waals surface area (Å²) in [6.07, 6.45) is 15.5. The van der Waals surface area contributed by atoms with E-state index in [1.807, 2.05) is 0 Å². The van der Waals surface area contributed by atoms with Gasteiger partial charge in [-0.25, -0.2) is 0 Å². The summed E-state index contributed by atoms with van der Waals surface area (Å²) in [7, 11) is 3.38. The van der Waals surface area contributed by atoms with Crippen molar-refractivity contribution in [3.8, 4) is 0 Å². The normalized spacial score (nSPS) is 12.0. The highest BCUT2D eigenvalue weighted by Crippen LogP contribution is 2.31. The van der Waals surface area contributed by atoms with Gasteiger partial charge in [0.2, 0.25) is 10.5 Å². The quantitative estimate of drug-likeness (QED) is 0.314. The Kier molecular flexibility index (Phi) is 12.3. The van der Waals surface area contributed by atoms with Crippen LogP contribution in [0.1, 0.15) is 97.8 Å². The zero-order chi connectivity index (χ0) is 13.7. The van der Waals surface area contributed by atoms with E-state index in [2.05, 4.69) is 31.3 Å². The molecule has 0 aliphatic carbocycles. The van der Waals surface area contributed by atoms with E-state index in [1.165, 1.54) is 77.0 Å². The van der Waals surface area contributed by atoms with Crippen LogP contribution in [0.5, 0.6) is 0 Å². The van der Waals surface area contributed by atoms with Crippen molar-refractivity contribution >= 4 is 10.5 Å². The van der Waals surface area contributed by atoms with E-state index >= 15 is 0 Å². The second-order valence-electron chi connectivity index (χ2n) is 5.66. The summed E-state index contributed by atoms with van der Waals surface area (Å²) in [4.78, 5) is 0. The van der Waals surface area contributed by atoms with E-state index < -0.39 is 0 Å². The highest BCUT2D eigenvalue weighted by molar-refractivity contribution is 5.98. The molecule has 0 aromatic carbocycles. The predicted octanol–water partition coefficient (Wildman–Crippen LogP) is 5.57. The molecule has 0 aromatic heterocycles. The molecular formula is C16H33OSi. The van der Waals surface area contributed by atoms with Crippen LogP contribution in [0.3, 0.4) is 0 Å². The molecule has 0 aromatic rings. The fourth-order valence-corrected chi connectivity index (χ4v) is 2.93. The molecule has 0 aliphatic heterocycles. The maximum Gasteiger partial charge on any atom is 0.247 e. The summed E-state index contributed by atoms with van der Waals surface area (Å²) < 4.78 is 5.78. The Hall–Kier alpha value is 0.177. The van der Waals surface area contributed by atoms with Crippen LogP contribution in [0.4, 0.5) is 0 Å². The molecule has 0 aliphatic rings. The third kappa shape index (κ3) is 8.31. The summed E-state index contributed by atoms with van der Waals surface area (Å²) in [6.45, 7) is 6.80. The van der Waals surface area contributed by atoms with Crippen molar-refractivity contribution in [1.82, 2.24) is 0 Å². The molecule has 0 spiro atoms. The van der Waals surface area contributed by atoms with Crippen LogP contribution in [0.15, 0.2) is 0 Å². The minimum absolute atomic E-state index is 0.108. The summed E-state index contributed by atoms with van der Waals surface area (Å²) in [5.41, 5.74) is 0.108. The predicted molar refractivity (Wildman–Crippen MR) is 82.0 cm³/mol. The van der Waals surface area contributed by atoms with Crippen LogP contribution in [-0.2, 0) is 4.43 Å². The monoisotopic (exact) mass is 269 g/mol. The molecule has 0 rings (SSSR count). The van der Waals surface area contributed by atoms with Gasteiger partial charge in [0.1, 0.15) is 0 Å². The van der Waals surface area contributed by atoms with Crippen molar-refractivity contribution in [3.63, 3.8) is 0 Å². The van der Waals surface area contributed by atoms with Crippen LogP contribution in [0.25, 0.3) is 0 Å². The van der Waals surface area contributed by atoms with Gasteiger partial charge >= 0.3 is 0 Å². The van der Waals surface area contributed by atoms with Crippen molar-refractivity contribution in [2.45, 2.75) is 103 Å². The van der Waals surface area contributed by atoms with Gasteiger partial charge in [-0.2, -0.15) is 0 Å². The molecular weight excluding hydrogens is 236 g/mol. The molecule has 0 heterocycles. The average molecular weight is 270 g/mol. The lowest BCUT2D eigenvalue weighted by atomic mass is 9.85. The smallest absolute Gasteiger partial charge is 0.247 e. The Bertz CT molecular complexity index is 144. The maximum atomic E-state index is 5.78. The van der Waals surface area contributed by atoms with Crippen LogP contribution in [0, 0.1) is 0 Å². The Morgan fingerprint density at radius 1 is 0.667 bits per heavy atom. The minimum Gasteiger partial charge on any atom is -0.413 e. The molecule has 2 heteroatoms. The van der Waals surface area contributed by atoms with Crippen LogP contribution < -0.4 is 0 Å². The topological polar surface area (TPSA) is 9.23 Å². The lowest BCUT2D eigenvalue weighted by Crippen LogP contribution is -2.32. The second kappa shape index (κ2) is 12.2. The molecule has 0 saturated carbocycles. The lowest BCUT2D eigenvalue weighted by molar-refractivity contribution is 0.0427. The summed E-state index contributed by atoms with van der Waals surface area (Å²) in [6, 6.07) is 0. The fraction of sp³-hybridized carbons (Fsp3) is 1.00. The Balaban J connectivity index is 4.20. The zero-order valence-electron chi connectivity index (χ0n) is 12.9. The first-order valence-corrected chi connectivity index (χ1v) is 8.50. The molecule has 0 atom stereocenters. The SMILES string of the molecule is CCCCCC(CCCCC)(CCCCC)O[Si]. The van der Waals surface area contributed by atoms with Crippen LogP contribution in [0.2, 0.25) is 0 Å². The Labute approximate surface area is 119 Å². The lowest BCUT2D eigenvalue weighted by Gasteiger charge is -2.33. The molecule has 0 unspecified atom stereocenters. The van der Waals surface area contributed by atoms with Gasteiger partial charge in [-0.1, -0.05) is 78.6 Å². The van der Waals surface area contributed by atoms with Crippen molar-refractivity contribution in [3.05, 3.63) is 0 Å². The van der Waals surface area contributed by atoms with E-state index in [9.17, 15) is 0 Å². The largest absolute Gasteiger partial charge is 0.413 e. The van der Waals surface area contributed by atoms with E-state index in [0.29, 0.717) is 0 Å². The third-order valence-corrected chi connectivity index (χ3v) is 4.36. The summed E-state index contributed by atoms with van der Waals surface area (Å²) >= 11 is 0. The van der Waals surface area contributed by atoms with Gasteiger partial charge in [0.15, 0.2) is 0 Å². The summed E-state index contributed by atoms with van der Waals surface area (Å²) in [5.74, 6) is 0. The first kappa shape index (κ1) is 18.2.